The zero-order chi connectivity index (χ0) is 13.4. The third-order valence-corrected chi connectivity index (χ3v) is 2.64. The summed E-state index contributed by atoms with van der Waals surface area (Å²) in [7, 11) is 4.08. The van der Waals surface area contributed by atoms with Gasteiger partial charge in [-0.25, -0.2) is 0 Å². The molecule has 0 aliphatic rings. The van der Waals surface area contributed by atoms with Gasteiger partial charge in [0.05, 0.1) is 18.8 Å². The van der Waals surface area contributed by atoms with Gasteiger partial charge in [0.1, 0.15) is 5.76 Å². The van der Waals surface area contributed by atoms with Crippen LogP contribution in [0, 0.1) is 0 Å². The number of amides is 1. The van der Waals surface area contributed by atoms with Crippen molar-refractivity contribution < 1.29 is 9.21 Å². The fraction of sp³-hybridized carbons (Fsp3) is 0.615. The molecular formula is C13H23N3O2. The van der Waals surface area contributed by atoms with Crippen LogP contribution < -0.4 is 10.6 Å². The Hall–Kier alpha value is -1.33. The van der Waals surface area contributed by atoms with Crippen LogP contribution in [0.15, 0.2) is 22.8 Å². The van der Waals surface area contributed by atoms with Gasteiger partial charge in [-0.2, -0.15) is 0 Å². The summed E-state index contributed by atoms with van der Waals surface area (Å²) in [6.45, 7) is 4.17. The second-order valence-electron chi connectivity index (χ2n) is 4.63. The molecule has 0 saturated heterocycles. The Morgan fingerprint density at radius 1 is 1.50 bits per heavy atom. The Labute approximate surface area is 109 Å². The van der Waals surface area contributed by atoms with Gasteiger partial charge >= 0.3 is 0 Å². The summed E-state index contributed by atoms with van der Waals surface area (Å²) in [5.41, 5.74) is 0. The Morgan fingerprint density at radius 3 is 2.89 bits per heavy atom. The van der Waals surface area contributed by atoms with E-state index in [9.17, 15) is 4.79 Å². The van der Waals surface area contributed by atoms with Gasteiger partial charge in [-0.1, -0.05) is 0 Å². The van der Waals surface area contributed by atoms with Crippen molar-refractivity contribution in [2.24, 2.45) is 0 Å². The van der Waals surface area contributed by atoms with Crippen molar-refractivity contribution in [3.8, 4) is 0 Å². The number of carbonyl (C=O) groups excluding carboxylic acids is 1. The smallest absolute Gasteiger partial charge is 0.237 e. The highest BCUT2D eigenvalue weighted by Gasteiger charge is 2.11. The zero-order valence-corrected chi connectivity index (χ0v) is 11.4. The van der Waals surface area contributed by atoms with Gasteiger partial charge in [0, 0.05) is 0 Å². The Kier molecular flexibility index (Phi) is 6.46. The van der Waals surface area contributed by atoms with Gasteiger partial charge in [-0.3, -0.25) is 4.79 Å². The van der Waals surface area contributed by atoms with E-state index in [1.807, 2.05) is 33.2 Å². The molecule has 5 heteroatoms. The fourth-order valence-electron chi connectivity index (χ4n) is 1.55. The van der Waals surface area contributed by atoms with Gasteiger partial charge in [-0.15, -0.1) is 0 Å². The van der Waals surface area contributed by atoms with Crippen molar-refractivity contribution in [2.45, 2.75) is 25.9 Å². The van der Waals surface area contributed by atoms with Crippen LogP contribution in [0.5, 0.6) is 0 Å². The third-order valence-electron chi connectivity index (χ3n) is 2.64. The van der Waals surface area contributed by atoms with E-state index in [-0.39, 0.29) is 11.9 Å². The summed E-state index contributed by atoms with van der Waals surface area (Å²) in [6, 6.07) is 3.47. The summed E-state index contributed by atoms with van der Waals surface area (Å²) in [5.74, 6) is 0.763. The lowest BCUT2D eigenvalue weighted by Gasteiger charge is -2.14. The van der Waals surface area contributed by atoms with Gasteiger partial charge < -0.3 is 20.0 Å². The van der Waals surface area contributed by atoms with Gasteiger partial charge in [0.25, 0.3) is 0 Å². The molecule has 0 saturated carbocycles. The number of nitrogens with one attached hydrogen (secondary N) is 2. The SMILES string of the molecule is C[C@@H](NCCCN(C)C)C(=O)NCc1ccco1. The molecule has 0 aromatic carbocycles. The third kappa shape index (κ3) is 5.84. The van der Waals surface area contributed by atoms with Crippen molar-refractivity contribution in [1.29, 1.82) is 0 Å². The van der Waals surface area contributed by atoms with Crippen molar-refractivity contribution >= 4 is 5.91 Å². The summed E-state index contributed by atoms with van der Waals surface area (Å²) in [5, 5.41) is 6.03. The van der Waals surface area contributed by atoms with E-state index in [1.165, 1.54) is 0 Å². The summed E-state index contributed by atoms with van der Waals surface area (Å²) < 4.78 is 5.15. The summed E-state index contributed by atoms with van der Waals surface area (Å²) >= 11 is 0. The standard InChI is InChI=1S/C13H23N3O2/c1-11(14-7-5-8-16(2)3)13(17)15-10-12-6-4-9-18-12/h4,6,9,11,14H,5,7-8,10H2,1-3H3,(H,15,17)/t11-/m1/s1. The maximum absolute atomic E-state index is 11.7. The topological polar surface area (TPSA) is 57.5 Å². The molecule has 1 atom stereocenters. The van der Waals surface area contributed by atoms with Crippen LogP contribution in [-0.2, 0) is 11.3 Å². The average molecular weight is 253 g/mol. The van der Waals surface area contributed by atoms with E-state index in [1.54, 1.807) is 6.26 Å². The molecule has 18 heavy (non-hydrogen) atoms. The van der Waals surface area contributed by atoms with E-state index in [2.05, 4.69) is 15.5 Å². The van der Waals surface area contributed by atoms with Crippen LogP contribution in [0.4, 0.5) is 0 Å². The van der Waals surface area contributed by atoms with Gasteiger partial charge in [0.2, 0.25) is 5.91 Å². The van der Waals surface area contributed by atoms with Crippen LogP contribution >= 0.6 is 0 Å². The van der Waals surface area contributed by atoms with Crippen molar-refractivity contribution in [2.75, 3.05) is 27.2 Å². The fourth-order valence-corrected chi connectivity index (χ4v) is 1.55. The monoisotopic (exact) mass is 253 g/mol. The second kappa shape index (κ2) is 7.89. The molecule has 102 valence electrons. The highest BCUT2D eigenvalue weighted by atomic mass is 16.3. The molecule has 5 nitrogen and oxygen atoms in total. The molecular weight excluding hydrogens is 230 g/mol. The van der Waals surface area contributed by atoms with Crippen LogP contribution in [0.25, 0.3) is 0 Å². The first-order valence-electron chi connectivity index (χ1n) is 6.28. The lowest BCUT2D eigenvalue weighted by Crippen LogP contribution is -2.42. The highest BCUT2D eigenvalue weighted by molar-refractivity contribution is 5.81. The molecule has 0 aliphatic carbocycles. The maximum Gasteiger partial charge on any atom is 0.237 e. The molecule has 1 aromatic heterocycles. The lowest BCUT2D eigenvalue weighted by atomic mass is 10.3. The van der Waals surface area contributed by atoms with Crippen LogP contribution in [0.3, 0.4) is 0 Å². The van der Waals surface area contributed by atoms with Crippen molar-refractivity contribution in [3.05, 3.63) is 24.2 Å². The first-order chi connectivity index (χ1) is 8.59. The molecule has 0 bridgehead atoms. The van der Waals surface area contributed by atoms with Crippen molar-refractivity contribution in [3.63, 3.8) is 0 Å². The zero-order valence-electron chi connectivity index (χ0n) is 11.4. The number of hydrogen-bond acceptors (Lipinski definition) is 4. The Balaban J connectivity index is 2.12. The minimum absolute atomic E-state index is 0.00347. The molecule has 1 heterocycles. The molecule has 2 N–H and O–H groups in total. The predicted molar refractivity (Wildman–Crippen MR) is 71.2 cm³/mol. The number of nitrogens with zero attached hydrogens (tertiary/aromatic N) is 1. The normalized spacial score (nSPS) is 12.7. The van der Waals surface area contributed by atoms with Gasteiger partial charge in [-0.05, 0) is 52.7 Å². The predicted octanol–water partition coefficient (Wildman–Crippen LogP) is 0.826. The molecule has 0 radical (unpaired) electrons. The highest BCUT2D eigenvalue weighted by Crippen LogP contribution is 1.98. The average Bonchev–Trinajstić information content (AvgIpc) is 2.84. The summed E-state index contributed by atoms with van der Waals surface area (Å²) in [4.78, 5) is 13.9. The lowest BCUT2D eigenvalue weighted by molar-refractivity contribution is -0.123. The number of furan rings is 1. The van der Waals surface area contributed by atoms with Crippen molar-refractivity contribution in [1.82, 2.24) is 15.5 Å². The number of hydrogen-bond donors (Lipinski definition) is 2. The Morgan fingerprint density at radius 2 is 2.28 bits per heavy atom. The van der Waals surface area contributed by atoms with E-state index in [4.69, 9.17) is 4.42 Å². The molecule has 1 rings (SSSR count). The van der Waals surface area contributed by atoms with E-state index in [0.717, 1.165) is 25.3 Å². The van der Waals surface area contributed by atoms with E-state index in [0.29, 0.717) is 6.54 Å². The second-order valence-corrected chi connectivity index (χ2v) is 4.63. The maximum atomic E-state index is 11.7. The van der Waals surface area contributed by atoms with E-state index < -0.39 is 0 Å². The number of carbonyl (C=O) groups is 1. The van der Waals surface area contributed by atoms with Crippen LogP contribution in [0.1, 0.15) is 19.1 Å². The summed E-state index contributed by atoms with van der Waals surface area (Å²) in [6.07, 6.45) is 2.63. The largest absolute Gasteiger partial charge is 0.467 e. The minimum Gasteiger partial charge on any atom is -0.467 e. The quantitative estimate of drug-likeness (QED) is 0.674. The van der Waals surface area contributed by atoms with Crippen LogP contribution in [-0.4, -0.2) is 44.0 Å². The first-order valence-corrected chi connectivity index (χ1v) is 6.28. The van der Waals surface area contributed by atoms with Gasteiger partial charge in [0.15, 0.2) is 0 Å². The Bertz CT molecular complexity index is 336. The molecule has 1 amide bonds. The molecule has 1 aromatic rings. The molecule has 0 fully saturated rings. The first kappa shape index (κ1) is 14.7. The van der Waals surface area contributed by atoms with Crippen LogP contribution in [0.2, 0.25) is 0 Å². The minimum atomic E-state index is -0.179. The molecule has 0 spiro atoms. The van der Waals surface area contributed by atoms with E-state index >= 15 is 0 Å². The molecule has 0 aliphatic heterocycles. The molecule has 0 unspecified atom stereocenters. The number of rotatable bonds is 8.